The molecule has 0 aliphatic heterocycles. The van der Waals surface area contributed by atoms with Gasteiger partial charge in [0.2, 0.25) is 0 Å². The van der Waals surface area contributed by atoms with Crippen LogP contribution in [0, 0.1) is 0 Å². The summed E-state index contributed by atoms with van der Waals surface area (Å²) in [5, 5.41) is 4.16. The van der Waals surface area contributed by atoms with Crippen molar-refractivity contribution in [2.24, 2.45) is 5.73 Å². The van der Waals surface area contributed by atoms with E-state index in [1.165, 1.54) is 5.56 Å². The summed E-state index contributed by atoms with van der Waals surface area (Å²) < 4.78 is 6.12. The molecule has 0 fully saturated rings. The normalized spacial score (nSPS) is 14.2. The van der Waals surface area contributed by atoms with Gasteiger partial charge in [-0.3, -0.25) is 0 Å². The van der Waals surface area contributed by atoms with Crippen LogP contribution in [-0.2, 0) is 6.42 Å². The van der Waals surface area contributed by atoms with Gasteiger partial charge >= 0.3 is 0 Å². The lowest BCUT2D eigenvalue weighted by Crippen LogP contribution is -2.28. The van der Waals surface area contributed by atoms with Crippen LogP contribution in [0.4, 0.5) is 0 Å². The number of aryl methyl sites for hydroxylation is 1. The Hall–Kier alpha value is -1.32. The Labute approximate surface area is 112 Å². The first-order chi connectivity index (χ1) is 8.72. The Morgan fingerprint density at radius 3 is 2.67 bits per heavy atom. The number of nitrogens with two attached hydrogens (primary N) is 1. The van der Waals surface area contributed by atoms with Crippen molar-refractivity contribution < 1.29 is 4.74 Å². The summed E-state index contributed by atoms with van der Waals surface area (Å²) in [4.78, 5) is 0. The Kier molecular flexibility index (Phi) is 4.39. The van der Waals surface area contributed by atoms with Crippen LogP contribution in [0.5, 0.6) is 5.75 Å². The zero-order valence-electron chi connectivity index (χ0n) is 10.8. The summed E-state index contributed by atoms with van der Waals surface area (Å²) in [6, 6.07) is 10.2. The molecule has 0 amide bonds. The maximum atomic E-state index is 6.12. The van der Waals surface area contributed by atoms with Crippen LogP contribution in [0.1, 0.15) is 31.1 Å². The van der Waals surface area contributed by atoms with Crippen LogP contribution < -0.4 is 10.5 Å². The van der Waals surface area contributed by atoms with Crippen LogP contribution in [0.15, 0.2) is 41.1 Å². The van der Waals surface area contributed by atoms with Gasteiger partial charge in [-0.15, -0.1) is 0 Å². The molecule has 2 nitrogen and oxygen atoms in total. The van der Waals surface area contributed by atoms with E-state index in [1.54, 1.807) is 11.3 Å². The summed E-state index contributed by atoms with van der Waals surface area (Å²) in [5.74, 6) is 0.938. The minimum absolute atomic E-state index is 0.0375. The molecule has 96 valence electrons. The first-order valence-electron chi connectivity index (χ1n) is 6.24. The van der Waals surface area contributed by atoms with Crippen molar-refractivity contribution >= 4 is 11.3 Å². The predicted molar refractivity (Wildman–Crippen MR) is 77.2 cm³/mol. The van der Waals surface area contributed by atoms with Crippen LogP contribution in [-0.4, -0.2) is 6.04 Å². The summed E-state index contributed by atoms with van der Waals surface area (Å²) in [5.41, 5.74) is 8.42. The standard InChI is InChI=1S/C15H19NOS/c1-3-12-6-4-5-7-14(12)17-15(11(2)16)13-8-9-18-10-13/h4-11,15H,3,16H2,1-2H3. The molecule has 3 heteroatoms. The van der Waals surface area contributed by atoms with Crippen molar-refractivity contribution in [3.8, 4) is 5.75 Å². The van der Waals surface area contributed by atoms with Gasteiger partial charge in [0.15, 0.2) is 0 Å². The molecule has 1 aromatic carbocycles. The van der Waals surface area contributed by atoms with E-state index in [0.717, 1.165) is 17.7 Å². The average Bonchev–Trinajstić information content (AvgIpc) is 2.89. The molecule has 1 aromatic heterocycles. The second-order valence-corrected chi connectivity index (χ2v) is 5.20. The number of benzene rings is 1. The number of rotatable bonds is 5. The zero-order chi connectivity index (χ0) is 13.0. The smallest absolute Gasteiger partial charge is 0.139 e. The molecule has 0 radical (unpaired) electrons. The number of thiophene rings is 1. The van der Waals surface area contributed by atoms with E-state index in [4.69, 9.17) is 10.5 Å². The Morgan fingerprint density at radius 2 is 2.06 bits per heavy atom. The van der Waals surface area contributed by atoms with Gasteiger partial charge in [0.25, 0.3) is 0 Å². The Morgan fingerprint density at radius 1 is 1.28 bits per heavy atom. The summed E-state index contributed by atoms with van der Waals surface area (Å²) in [6.07, 6.45) is 0.884. The van der Waals surface area contributed by atoms with Gasteiger partial charge in [0, 0.05) is 11.6 Å². The van der Waals surface area contributed by atoms with Crippen molar-refractivity contribution in [3.63, 3.8) is 0 Å². The van der Waals surface area contributed by atoms with Gasteiger partial charge in [-0.05, 0) is 41.8 Å². The summed E-state index contributed by atoms with van der Waals surface area (Å²) >= 11 is 1.67. The van der Waals surface area contributed by atoms with E-state index in [0.29, 0.717) is 0 Å². The fourth-order valence-corrected chi connectivity index (χ4v) is 2.65. The van der Waals surface area contributed by atoms with E-state index >= 15 is 0 Å². The van der Waals surface area contributed by atoms with E-state index in [2.05, 4.69) is 29.8 Å². The molecule has 2 atom stereocenters. The third-order valence-electron chi connectivity index (χ3n) is 2.96. The largest absolute Gasteiger partial charge is 0.484 e. The molecular formula is C15H19NOS. The topological polar surface area (TPSA) is 35.2 Å². The van der Waals surface area contributed by atoms with E-state index in [-0.39, 0.29) is 12.1 Å². The van der Waals surface area contributed by atoms with Gasteiger partial charge in [0.1, 0.15) is 11.9 Å². The summed E-state index contributed by atoms with van der Waals surface area (Å²) in [7, 11) is 0. The third-order valence-corrected chi connectivity index (χ3v) is 3.66. The lowest BCUT2D eigenvalue weighted by molar-refractivity contribution is 0.179. The average molecular weight is 261 g/mol. The van der Waals surface area contributed by atoms with Gasteiger partial charge in [-0.1, -0.05) is 25.1 Å². The maximum absolute atomic E-state index is 6.12. The quantitative estimate of drug-likeness (QED) is 0.889. The first-order valence-corrected chi connectivity index (χ1v) is 7.19. The molecule has 0 aliphatic rings. The molecule has 0 saturated heterocycles. The molecule has 2 N–H and O–H groups in total. The van der Waals surface area contributed by atoms with Gasteiger partial charge < -0.3 is 10.5 Å². The summed E-state index contributed by atoms with van der Waals surface area (Å²) in [6.45, 7) is 4.12. The zero-order valence-corrected chi connectivity index (χ0v) is 11.6. The predicted octanol–water partition coefficient (Wildman–Crippen LogP) is 3.78. The number of ether oxygens (including phenoxy) is 1. The first kappa shape index (κ1) is 13.1. The number of para-hydroxylation sites is 1. The molecule has 2 unspecified atom stereocenters. The highest BCUT2D eigenvalue weighted by Gasteiger charge is 2.19. The SMILES string of the molecule is CCc1ccccc1OC(c1ccsc1)C(C)N. The van der Waals surface area contributed by atoms with Crippen molar-refractivity contribution in [1.82, 2.24) is 0 Å². The van der Waals surface area contributed by atoms with Crippen molar-refractivity contribution in [3.05, 3.63) is 52.2 Å². The third kappa shape index (κ3) is 2.92. The lowest BCUT2D eigenvalue weighted by Gasteiger charge is -2.23. The van der Waals surface area contributed by atoms with Gasteiger partial charge in [-0.2, -0.15) is 11.3 Å². The molecule has 18 heavy (non-hydrogen) atoms. The van der Waals surface area contributed by atoms with Crippen LogP contribution in [0.25, 0.3) is 0 Å². The molecular weight excluding hydrogens is 242 g/mol. The van der Waals surface area contributed by atoms with Gasteiger partial charge in [0.05, 0.1) is 0 Å². The fraction of sp³-hybridized carbons (Fsp3) is 0.333. The minimum atomic E-state index is -0.0797. The van der Waals surface area contributed by atoms with Crippen LogP contribution in [0.3, 0.4) is 0 Å². The van der Waals surface area contributed by atoms with E-state index in [1.807, 2.05) is 25.1 Å². The fourth-order valence-electron chi connectivity index (χ4n) is 1.96. The highest BCUT2D eigenvalue weighted by atomic mass is 32.1. The Bertz CT molecular complexity index is 479. The second-order valence-electron chi connectivity index (χ2n) is 4.42. The van der Waals surface area contributed by atoms with Crippen molar-refractivity contribution in [1.29, 1.82) is 0 Å². The Balaban J connectivity index is 2.24. The highest BCUT2D eigenvalue weighted by Crippen LogP contribution is 2.28. The molecule has 0 aliphatic carbocycles. The van der Waals surface area contributed by atoms with Gasteiger partial charge in [-0.25, -0.2) is 0 Å². The van der Waals surface area contributed by atoms with Crippen molar-refractivity contribution in [2.45, 2.75) is 32.4 Å². The molecule has 2 aromatic rings. The maximum Gasteiger partial charge on any atom is 0.139 e. The molecule has 2 rings (SSSR count). The molecule has 0 spiro atoms. The lowest BCUT2D eigenvalue weighted by atomic mass is 10.1. The molecule has 0 saturated carbocycles. The van der Waals surface area contributed by atoms with E-state index in [9.17, 15) is 0 Å². The number of hydrogen-bond donors (Lipinski definition) is 1. The molecule has 0 bridgehead atoms. The molecule has 1 heterocycles. The highest BCUT2D eigenvalue weighted by molar-refractivity contribution is 7.07. The van der Waals surface area contributed by atoms with E-state index < -0.39 is 0 Å². The second kappa shape index (κ2) is 6.03. The minimum Gasteiger partial charge on any atom is -0.484 e. The van der Waals surface area contributed by atoms with Crippen LogP contribution >= 0.6 is 11.3 Å². The number of hydrogen-bond acceptors (Lipinski definition) is 3. The monoisotopic (exact) mass is 261 g/mol. The van der Waals surface area contributed by atoms with Crippen LogP contribution in [0.2, 0.25) is 0 Å². The van der Waals surface area contributed by atoms with Crippen molar-refractivity contribution in [2.75, 3.05) is 0 Å².